The van der Waals surface area contributed by atoms with Gasteiger partial charge in [-0.15, -0.1) is 11.3 Å². The summed E-state index contributed by atoms with van der Waals surface area (Å²) in [6, 6.07) is 1.29. The summed E-state index contributed by atoms with van der Waals surface area (Å²) in [5.74, 6) is -0.869. The molecule has 2 fully saturated rings. The van der Waals surface area contributed by atoms with Crippen LogP contribution in [-0.2, 0) is 0 Å². The Morgan fingerprint density at radius 1 is 1.26 bits per heavy atom. The van der Waals surface area contributed by atoms with Gasteiger partial charge < -0.3 is 21.1 Å². The maximum atomic E-state index is 13.8. The van der Waals surface area contributed by atoms with E-state index in [9.17, 15) is 31.5 Å². The minimum atomic E-state index is -4.00. The number of halogens is 5. The van der Waals surface area contributed by atoms with Crippen LogP contribution in [0.15, 0.2) is 12.3 Å². The first-order valence-electron chi connectivity index (χ1n) is 12.6. The molecule has 4 N–H and O–H groups in total. The highest BCUT2D eigenvalue weighted by Crippen LogP contribution is 2.38. The number of carbonyl (C=O) groups is 2. The molecule has 0 aromatic carbocycles. The molecule has 1 saturated carbocycles. The van der Waals surface area contributed by atoms with Crippen molar-refractivity contribution in [2.45, 2.75) is 84.0 Å². The molecule has 218 valence electrons. The van der Waals surface area contributed by atoms with Crippen LogP contribution in [0.2, 0.25) is 0 Å². The Bertz CT molecular complexity index is 1100. The molecule has 2 aromatic heterocycles. The number of aliphatic hydroxyl groups is 1. The lowest BCUT2D eigenvalue weighted by atomic mass is 9.97. The van der Waals surface area contributed by atoms with Crippen molar-refractivity contribution in [3.8, 4) is 10.4 Å². The van der Waals surface area contributed by atoms with E-state index in [1.165, 1.54) is 18.7 Å². The van der Waals surface area contributed by atoms with Crippen LogP contribution in [0.1, 0.15) is 91.6 Å². The molecule has 8 nitrogen and oxygen atoms in total. The van der Waals surface area contributed by atoms with Crippen LogP contribution < -0.4 is 11.1 Å². The number of hydrogen-bond acceptors (Lipinski definition) is 7. The number of thiazole rings is 1. The Hall–Kier alpha value is -2.87. The van der Waals surface area contributed by atoms with Crippen LogP contribution in [0, 0.1) is 0 Å². The fraction of sp³-hybridized carbons (Fsp3) is 0.600. The molecule has 1 unspecified atom stereocenters. The van der Waals surface area contributed by atoms with Gasteiger partial charge in [0.25, 0.3) is 18.2 Å². The minimum absolute atomic E-state index is 0.0161. The second kappa shape index (κ2) is 14.5. The molecular formula is C25H34F5N5O3S. The van der Waals surface area contributed by atoms with Crippen molar-refractivity contribution in [3.05, 3.63) is 28.5 Å². The average Bonchev–Trinajstić information content (AvgIpc) is 3.47. The van der Waals surface area contributed by atoms with Crippen molar-refractivity contribution in [2.75, 3.05) is 18.4 Å². The van der Waals surface area contributed by atoms with Gasteiger partial charge in [-0.1, -0.05) is 6.92 Å². The number of primary amides is 1. The van der Waals surface area contributed by atoms with Gasteiger partial charge >= 0.3 is 6.18 Å². The first-order chi connectivity index (χ1) is 18.2. The van der Waals surface area contributed by atoms with Gasteiger partial charge in [-0.3, -0.25) is 9.59 Å². The minimum Gasteiger partial charge on any atom is -0.393 e. The molecule has 2 amide bonds. The van der Waals surface area contributed by atoms with Crippen molar-refractivity contribution in [1.82, 2.24) is 14.9 Å². The fourth-order valence-corrected chi connectivity index (χ4v) is 4.64. The van der Waals surface area contributed by atoms with Gasteiger partial charge in [0.1, 0.15) is 11.5 Å². The van der Waals surface area contributed by atoms with Gasteiger partial charge in [0.15, 0.2) is 5.01 Å². The van der Waals surface area contributed by atoms with E-state index < -0.39 is 18.5 Å². The number of rotatable bonds is 7. The van der Waals surface area contributed by atoms with Crippen LogP contribution >= 0.6 is 11.3 Å². The second-order valence-electron chi connectivity index (χ2n) is 9.30. The summed E-state index contributed by atoms with van der Waals surface area (Å²) in [6.45, 7) is 5.22. The molecule has 1 aliphatic carbocycles. The number of aromatic nitrogens is 2. The summed E-state index contributed by atoms with van der Waals surface area (Å²) in [7, 11) is 0. The van der Waals surface area contributed by atoms with Crippen molar-refractivity contribution in [2.24, 2.45) is 5.73 Å². The zero-order chi connectivity index (χ0) is 29.3. The average molecular weight is 580 g/mol. The zero-order valence-corrected chi connectivity index (χ0v) is 22.8. The molecule has 2 aliphatic rings. The Labute approximate surface area is 227 Å². The number of amides is 2. The molecule has 0 radical (unpaired) electrons. The number of likely N-dealkylation sites (tertiary alicyclic amines) is 1. The van der Waals surface area contributed by atoms with E-state index in [0.717, 1.165) is 43.4 Å². The van der Waals surface area contributed by atoms with E-state index in [1.807, 2.05) is 13.8 Å². The monoisotopic (exact) mass is 579 g/mol. The van der Waals surface area contributed by atoms with Crippen LogP contribution in [-0.4, -0.2) is 63.2 Å². The molecule has 1 saturated heterocycles. The van der Waals surface area contributed by atoms with Crippen molar-refractivity contribution in [1.29, 1.82) is 0 Å². The van der Waals surface area contributed by atoms with Crippen LogP contribution in [0.4, 0.5) is 27.8 Å². The number of nitrogens with zero attached hydrogens (tertiary/aromatic N) is 3. The molecule has 0 spiro atoms. The molecule has 1 aliphatic heterocycles. The van der Waals surface area contributed by atoms with Crippen LogP contribution in [0.5, 0.6) is 0 Å². The number of aliphatic hydroxyl groups excluding tert-OH is 1. The van der Waals surface area contributed by atoms with Gasteiger partial charge in [0, 0.05) is 43.4 Å². The molecule has 39 heavy (non-hydrogen) atoms. The number of nitrogens with two attached hydrogens (primary N) is 1. The van der Waals surface area contributed by atoms with E-state index in [1.54, 1.807) is 4.90 Å². The summed E-state index contributed by atoms with van der Waals surface area (Å²) < 4.78 is 58.7. The molecule has 14 heteroatoms. The maximum absolute atomic E-state index is 13.8. The summed E-state index contributed by atoms with van der Waals surface area (Å²) >= 11 is 0.837. The van der Waals surface area contributed by atoms with Crippen LogP contribution in [0.3, 0.4) is 0 Å². The highest BCUT2D eigenvalue weighted by atomic mass is 32.1. The van der Waals surface area contributed by atoms with Crippen molar-refractivity contribution < 1.29 is 36.6 Å². The van der Waals surface area contributed by atoms with E-state index in [2.05, 4.69) is 15.3 Å². The summed E-state index contributed by atoms with van der Waals surface area (Å²) in [5.41, 5.74) is 5.12. The molecule has 1 atom stereocenters. The van der Waals surface area contributed by atoms with E-state index in [-0.39, 0.29) is 51.7 Å². The number of anilines is 1. The summed E-state index contributed by atoms with van der Waals surface area (Å²) in [5, 5.41) is 11.3. The third-order valence-corrected chi connectivity index (χ3v) is 7.00. The second-order valence-corrected chi connectivity index (χ2v) is 10.3. The summed E-state index contributed by atoms with van der Waals surface area (Å²) in [6.07, 6.45) is 0.421. The predicted octanol–water partition coefficient (Wildman–Crippen LogP) is 5.79. The Morgan fingerprint density at radius 3 is 2.31 bits per heavy atom. The van der Waals surface area contributed by atoms with E-state index in [4.69, 9.17) is 10.8 Å². The molecular weight excluding hydrogens is 545 g/mol. The van der Waals surface area contributed by atoms with Crippen molar-refractivity contribution >= 4 is 29.0 Å². The van der Waals surface area contributed by atoms with E-state index >= 15 is 0 Å². The number of pyridine rings is 1. The quantitative estimate of drug-likeness (QED) is 0.357. The SMILES string of the molecule is CC(F)(F)F.CCCNc1cc(C(F)F)c(-c2sc(C(N)=O)nc2C(=O)N2CCCC2C)cn1.OC1CCC1. The molecule has 3 heterocycles. The van der Waals surface area contributed by atoms with Crippen LogP contribution in [0.25, 0.3) is 10.4 Å². The Kier molecular flexibility index (Phi) is 12.0. The van der Waals surface area contributed by atoms with Gasteiger partial charge in [-0.2, -0.15) is 13.2 Å². The lowest BCUT2D eigenvalue weighted by molar-refractivity contribution is -0.110. The summed E-state index contributed by atoms with van der Waals surface area (Å²) in [4.78, 5) is 34.9. The number of carbonyl (C=O) groups excluding carboxylic acids is 2. The van der Waals surface area contributed by atoms with Gasteiger partial charge in [-0.05, 0) is 51.5 Å². The lowest BCUT2D eigenvalue weighted by Gasteiger charge is -2.21. The highest BCUT2D eigenvalue weighted by Gasteiger charge is 2.32. The predicted molar refractivity (Wildman–Crippen MR) is 139 cm³/mol. The highest BCUT2D eigenvalue weighted by molar-refractivity contribution is 7.17. The topological polar surface area (TPSA) is 121 Å². The van der Waals surface area contributed by atoms with Gasteiger partial charge in [0.05, 0.1) is 11.0 Å². The maximum Gasteiger partial charge on any atom is 0.386 e. The smallest absolute Gasteiger partial charge is 0.386 e. The Morgan fingerprint density at radius 2 is 1.87 bits per heavy atom. The first kappa shape index (κ1) is 32.3. The normalized spacial score (nSPS) is 17.1. The molecule has 2 aromatic rings. The van der Waals surface area contributed by atoms with Gasteiger partial charge in [0.2, 0.25) is 0 Å². The van der Waals surface area contributed by atoms with Gasteiger partial charge in [-0.25, -0.2) is 18.7 Å². The number of alkyl halides is 5. The number of hydrogen-bond donors (Lipinski definition) is 3. The standard InChI is InChI=1S/C19H23F2N5O2S.C4H8O.C2H3F3/c1-3-6-23-13-8-11(16(20)21)12(9-24-13)15-14(25-18(29-15)17(22)27)19(28)26-7-4-5-10(26)2;5-4-2-1-3-4;1-2(3,4)5/h8-10,16H,3-7H2,1-2H3,(H2,22,27)(H,23,24);4-5H,1-3H2;1H3. The number of nitrogens with one attached hydrogen (secondary N) is 1. The fourth-order valence-electron chi connectivity index (χ4n) is 3.70. The van der Waals surface area contributed by atoms with E-state index in [0.29, 0.717) is 18.9 Å². The molecule has 4 rings (SSSR count). The lowest BCUT2D eigenvalue weighted by Crippen LogP contribution is -2.34. The molecule has 0 bridgehead atoms. The third-order valence-electron chi connectivity index (χ3n) is 5.90. The zero-order valence-electron chi connectivity index (χ0n) is 22.0. The third kappa shape index (κ3) is 9.99. The Balaban J connectivity index is 0.000000449. The largest absolute Gasteiger partial charge is 0.393 e. The van der Waals surface area contributed by atoms with Crippen molar-refractivity contribution in [3.63, 3.8) is 0 Å². The first-order valence-corrected chi connectivity index (χ1v) is 13.4.